The monoisotopic (exact) mass is 438 g/mol. The summed E-state index contributed by atoms with van der Waals surface area (Å²) in [5.41, 5.74) is 0.173. The molecule has 0 atom stereocenters. The van der Waals surface area contributed by atoms with Crippen molar-refractivity contribution in [3.05, 3.63) is 53.6 Å². The number of alkyl halides is 3. The van der Waals surface area contributed by atoms with Crippen molar-refractivity contribution in [2.24, 2.45) is 0 Å². The van der Waals surface area contributed by atoms with Gasteiger partial charge in [-0.15, -0.1) is 0 Å². The quantitative estimate of drug-likeness (QED) is 0.663. The van der Waals surface area contributed by atoms with Crippen LogP contribution in [0.25, 0.3) is 0 Å². The van der Waals surface area contributed by atoms with Gasteiger partial charge in [-0.25, -0.2) is 0 Å². The van der Waals surface area contributed by atoms with E-state index in [0.717, 1.165) is 11.6 Å². The second kappa shape index (κ2) is 9.91. The van der Waals surface area contributed by atoms with Crippen molar-refractivity contribution in [3.8, 4) is 17.2 Å². The highest BCUT2D eigenvalue weighted by atomic mass is 19.4. The molecule has 1 fully saturated rings. The van der Waals surface area contributed by atoms with E-state index in [4.69, 9.17) is 14.2 Å². The number of rotatable bonds is 7. The Hall–Kier alpha value is -2.94. The van der Waals surface area contributed by atoms with Gasteiger partial charge in [-0.05, 0) is 29.8 Å². The lowest BCUT2D eigenvalue weighted by atomic mass is 10.1. The van der Waals surface area contributed by atoms with Gasteiger partial charge >= 0.3 is 6.18 Å². The number of ether oxygens (including phenoxy) is 3. The van der Waals surface area contributed by atoms with E-state index in [2.05, 4.69) is 4.90 Å². The van der Waals surface area contributed by atoms with Gasteiger partial charge in [-0.2, -0.15) is 13.2 Å². The van der Waals surface area contributed by atoms with Crippen LogP contribution in [0.2, 0.25) is 0 Å². The average molecular weight is 438 g/mol. The summed E-state index contributed by atoms with van der Waals surface area (Å²) in [5.74, 6) is 0.650. The summed E-state index contributed by atoms with van der Waals surface area (Å²) in [4.78, 5) is 16.2. The summed E-state index contributed by atoms with van der Waals surface area (Å²) in [6.07, 6.45) is -4.53. The Morgan fingerprint density at radius 2 is 1.61 bits per heavy atom. The van der Waals surface area contributed by atoms with Gasteiger partial charge in [0.05, 0.1) is 19.8 Å². The largest absolute Gasteiger partial charge is 0.493 e. The first-order chi connectivity index (χ1) is 14.8. The highest BCUT2D eigenvalue weighted by Gasteiger charge is 2.34. The number of benzene rings is 2. The van der Waals surface area contributed by atoms with Crippen LogP contribution in [0.4, 0.5) is 13.2 Å². The van der Waals surface area contributed by atoms with Gasteiger partial charge in [0.1, 0.15) is 5.75 Å². The van der Waals surface area contributed by atoms with Crippen molar-refractivity contribution in [1.29, 1.82) is 0 Å². The van der Waals surface area contributed by atoms with E-state index in [9.17, 15) is 18.0 Å². The second-order valence-corrected chi connectivity index (χ2v) is 7.13. The van der Waals surface area contributed by atoms with E-state index in [1.807, 2.05) is 18.2 Å². The van der Waals surface area contributed by atoms with Crippen molar-refractivity contribution in [1.82, 2.24) is 9.80 Å². The number of carbonyl (C=O) groups is 1. The van der Waals surface area contributed by atoms with E-state index in [0.29, 0.717) is 44.2 Å². The maximum atomic E-state index is 13.0. The lowest BCUT2D eigenvalue weighted by Gasteiger charge is -2.34. The Morgan fingerprint density at radius 3 is 2.26 bits per heavy atom. The fourth-order valence-electron chi connectivity index (χ4n) is 3.45. The molecule has 0 unspecified atom stereocenters. The van der Waals surface area contributed by atoms with Gasteiger partial charge < -0.3 is 19.1 Å². The van der Waals surface area contributed by atoms with Crippen LogP contribution in [-0.4, -0.2) is 62.7 Å². The number of carbonyl (C=O) groups excluding carboxylic acids is 1. The number of methoxy groups -OCH3 is 2. The Balaban J connectivity index is 1.50. The van der Waals surface area contributed by atoms with E-state index in [1.165, 1.54) is 18.2 Å². The SMILES string of the molecule is COc1ccc(CN2CCN(C(=O)COc3ccccc3C(F)(F)F)CC2)cc1OC. The Labute approximate surface area is 179 Å². The second-order valence-electron chi connectivity index (χ2n) is 7.13. The van der Waals surface area contributed by atoms with Gasteiger partial charge in [0.15, 0.2) is 18.1 Å². The Kier molecular flexibility index (Phi) is 7.27. The standard InChI is InChI=1S/C22H25F3N2O4/c1-29-19-8-7-16(13-20(19)30-2)14-26-9-11-27(12-10-26)21(28)15-31-18-6-4-3-5-17(18)22(23,24)25/h3-8,13H,9-12,14-15H2,1-2H3. The number of nitrogens with zero attached hydrogens (tertiary/aromatic N) is 2. The van der Waals surface area contributed by atoms with Gasteiger partial charge in [0, 0.05) is 32.7 Å². The minimum Gasteiger partial charge on any atom is -0.493 e. The number of amides is 1. The number of hydrogen-bond donors (Lipinski definition) is 0. The normalized spacial score (nSPS) is 14.9. The van der Waals surface area contributed by atoms with Gasteiger partial charge in [0.2, 0.25) is 0 Å². The molecule has 2 aromatic carbocycles. The van der Waals surface area contributed by atoms with E-state index in [-0.39, 0.29) is 11.7 Å². The van der Waals surface area contributed by atoms with Crippen LogP contribution < -0.4 is 14.2 Å². The van der Waals surface area contributed by atoms with Crippen LogP contribution in [0, 0.1) is 0 Å². The molecule has 1 amide bonds. The molecule has 0 spiro atoms. The molecule has 0 bridgehead atoms. The Morgan fingerprint density at radius 1 is 0.935 bits per heavy atom. The molecule has 0 N–H and O–H groups in total. The molecular weight excluding hydrogens is 413 g/mol. The van der Waals surface area contributed by atoms with Crippen molar-refractivity contribution in [2.75, 3.05) is 47.0 Å². The molecule has 6 nitrogen and oxygen atoms in total. The highest BCUT2D eigenvalue weighted by molar-refractivity contribution is 5.78. The topological polar surface area (TPSA) is 51.2 Å². The number of piperazine rings is 1. The summed E-state index contributed by atoms with van der Waals surface area (Å²) in [7, 11) is 3.17. The Bertz CT molecular complexity index is 897. The average Bonchev–Trinajstić information content (AvgIpc) is 2.77. The molecular formula is C22H25F3N2O4. The van der Waals surface area contributed by atoms with Crippen molar-refractivity contribution in [2.45, 2.75) is 12.7 Å². The molecule has 168 valence electrons. The summed E-state index contributed by atoms with van der Waals surface area (Å²) >= 11 is 0. The fourth-order valence-corrected chi connectivity index (χ4v) is 3.45. The van der Waals surface area contributed by atoms with Crippen molar-refractivity contribution in [3.63, 3.8) is 0 Å². The molecule has 3 rings (SSSR count). The molecule has 1 aliphatic heterocycles. The van der Waals surface area contributed by atoms with Crippen LogP contribution in [0.1, 0.15) is 11.1 Å². The zero-order valence-electron chi connectivity index (χ0n) is 17.4. The van der Waals surface area contributed by atoms with Crippen LogP contribution in [0.3, 0.4) is 0 Å². The van der Waals surface area contributed by atoms with Crippen molar-refractivity contribution < 1.29 is 32.2 Å². The molecule has 1 aliphatic rings. The first kappa shape index (κ1) is 22.7. The number of hydrogen-bond acceptors (Lipinski definition) is 5. The summed E-state index contributed by atoms with van der Waals surface area (Å²) in [6.45, 7) is 2.53. The molecule has 1 saturated heterocycles. The molecule has 0 aromatic heterocycles. The molecule has 31 heavy (non-hydrogen) atoms. The van der Waals surface area contributed by atoms with E-state index >= 15 is 0 Å². The lowest BCUT2D eigenvalue weighted by Crippen LogP contribution is -2.49. The van der Waals surface area contributed by atoms with E-state index in [1.54, 1.807) is 19.1 Å². The maximum absolute atomic E-state index is 13.0. The minimum atomic E-state index is -4.53. The minimum absolute atomic E-state index is 0.331. The summed E-state index contributed by atoms with van der Waals surface area (Å²) < 4.78 is 54.9. The number of halogens is 3. The first-order valence-corrected chi connectivity index (χ1v) is 9.82. The predicted octanol–water partition coefficient (Wildman–Crippen LogP) is 3.45. The van der Waals surface area contributed by atoms with E-state index < -0.39 is 18.3 Å². The van der Waals surface area contributed by atoms with Crippen LogP contribution >= 0.6 is 0 Å². The van der Waals surface area contributed by atoms with Crippen LogP contribution in [0.15, 0.2) is 42.5 Å². The van der Waals surface area contributed by atoms with Gasteiger partial charge in [-0.3, -0.25) is 9.69 Å². The highest BCUT2D eigenvalue weighted by Crippen LogP contribution is 2.35. The first-order valence-electron chi connectivity index (χ1n) is 9.82. The third-order valence-corrected chi connectivity index (χ3v) is 5.12. The molecule has 0 saturated carbocycles. The van der Waals surface area contributed by atoms with Crippen LogP contribution in [0.5, 0.6) is 17.2 Å². The summed E-state index contributed by atoms with van der Waals surface area (Å²) in [6, 6.07) is 10.6. The third-order valence-electron chi connectivity index (χ3n) is 5.12. The molecule has 0 radical (unpaired) electrons. The van der Waals surface area contributed by atoms with Gasteiger partial charge in [-0.1, -0.05) is 18.2 Å². The molecule has 9 heteroatoms. The zero-order chi connectivity index (χ0) is 22.4. The van der Waals surface area contributed by atoms with Gasteiger partial charge in [0.25, 0.3) is 5.91 Å². The molecule has 2 aromatic rings. The molecule has 0 aliphatic carbocycles. The number of para-hydroxylation sites is 1. The smallest absolute Gasteiger partial charge is 0.419 e. The van der Waals surface area contributed by atoms with Crippen LogP contribution in [-0.2, 0) is 17.5 Å². The zero-order valence-corrected chi connectivity index (χ0v) is 17.4. The predicted molar refractivity (Wildman–Crippen MR) is 108 cm³/mol. The lowest BCUT2D eigenvalue weighted by molar-refractivity contribution is -0.141. The molecule has 1 heterocycles. The van der Waals surface area contributed by atoms with Crippen molar-refractivity contribution >= 4 is 5.91 Å². The fraction of sp³-hybridized carbons (Fsp3) is 0.409. The summed E-state index contributed by atoms with van der Waals surface area (Å²) in [5, 5.41) is 0. The third kappa shape index (κ3) is 5.81. The maximum Gasteiger partial charge on any atom is 0.419 e.